The van der Waals surface area contributed by atoms with Gasteiger partial charge < -0.3 is 5.32 Å². The molecule has 4 rings (SSSR count). The smallest absolute Gasteiger partial charge is 0.0923 e. The van der Waals surface area contributed by atoms with Crippen LogP contribution in [0.1, 0.15) is 36.5 Å². The minimum atomic E-state index is 0.880. The van der Waals surface area contributed by atoms with Gasteiger partial charge in [-0.25, -0.2) is 0 Å². The zero-order valence-corrected chi connectivity index (χ0v) is 18.5. The van der Waals surface area contributed by atoms with Crippen LogP contribution in [0.2, 0.25) is 5.02 Å². The Kier molecular flexibility index (Phi) is 6.96. The number of nitrogens with zero attached hydrogens (tertiary/aromatic N) is 2. The topological polar surface area (TPSA) is 29.9 Å². The lowest BCUT2D eigenvalue weighted by Gasteiger charge is -2.14. The van der Waals surface area contributed by atoms with Gasteiger partial charge in [0.05, 0.1) is 10.7 Å². The van der Waals surface area contributed by atoms with E-state index in [1.807, 2.05) is 16.4 Å². The normalized spacial score (nSPS) is 13.9. The van der Waals surface area contributed by atoms with Crippen molar-refractivity contribution in [2.24, 2.45) is 0 Å². The van der Waals surface area contributed by atoms with E-state index in [4.69, 9.17) is 16.7 Å². The Balaban J connectivity index is 1.44. The second kappa shape index (κ2) is 9.84. The number of benzene rings is 2. The first-order valence-electron chi connectivity index (χ1n) is 10.5. The van der Waals surface area contributed by atoms with Gasteiger partial charge in [-0.1, -0.05) is 55.3 Å². The summed E-state index contributed by atoms with van der Waals surface area (Å²) in [5.74, 6) is 0.925. The maximum Gasteiger partial charge on any atom is 0.0923 e. The molecule has 5 heteroatoms. The van der Waals surface area contributed by atoms with Crippen molar-refractivity contribution >= 4 is 23.4 Å². The molecule has 1 N–H and O–H groups in total. The second-order valence-electron chi connectivity index (χ2n) is 7.57. The van der Waals surface area contributed by atoms with Crippen LogP contribution in [0, 0.1) is 0 Å². The maximum atomic E-state index is 6.57. The number of hydrogen-bond acceptors (Lipinski definition) is 3. The fourth-order valence-electron chi connectivity index (χ4n) is 3.75. The molecule has 0 bridgehead atoms. The minimum Gasteiger partial charge on any atom is -0.316 e. The number of thioether (sulfide) groups is 1. The third kappa shape index (κ3) is 5.06. The van der Waals surface area contributed by atoms with Gasteiger partial charge in [-0.15, -0.1) is 11.8 Å². The van der Waals surface area contributed by atoms with Crippen molar-refractivity contribution in [1.29, 1.82) is 0 Å². The van der Waals surface area contributed by atoms with Crippen LogP contribution in [-0.2, 0) is 25.1 Å². The lowest BCUT2D eigenvalue weighted by atomic mass is 10.0. The predicted molar refractivity (Wildman–Crippen MR) is 124 cm³/mol. The van der Waals surface area contributed by atoms with Crippen LogP contribution < -0.4 is 5.32 Å². The Hall–Kier alpha value is -1.75. The van der Waals surface area contributed by atoms with Gasteiger partial charge in [-0.2, -0.15) is 5.10 Å². The Bertz CT molecular complexity index is 949. The van der Waals surface area contributed by atoms with E-state index in [-0.39, 0.29) is 0 Å². The molecule has 29 heavy (non-hydrogen) atoms. The van der Waals surface area contributed by atoms with Crippen LogP contribution in [0.5, 0.6) is 0 Å². The van der Waals surface area contributed by atoms with Gasteiger partial charge in [-0.3, -0.25) is 4.68 Å². The number of aromatic nitrogens is 2. The molecular weight excluding hydrogens is 398 g/mol. The van der Waals surface area contributed by atoms with Gasteiger partial charge in [-0.05, 0) is 61.2 Å². The summed E-state index contributed by atoms with van der Waals surface area (Å²) in [5, 5.41) is 9.07. The molecule has 0 spiro atoms. The van der Waals surface area contributed by atoms with Crippen molar-refractivity contribution in [3.63, 3.8) is 0 Å². The first-order valence-corrected chi connectivity index (χ1v) is 11.9. The molecule has 1 aliphatic rings. The van der Waals surface area contributed by atoms with Crippen LogP contribution in [-0.4, -0.2) is 22.9 Å². The number of rotatable bonds is 7. The molecule has 0 saturated heterocycles. The Morgan fingerprint density at radius 3 is 2.72 bits per heavy atom. The van der Waals surface area contributed by atoms with Gasteiger partial charge in [0.1, 0.15) is 0 Å². The molecule has 2 aromatic carbocycles. The molecule has 0 saturated carbocycles. The van der Waals surface area contributed by atoms with Crippen molar-refractivity contribution in [3.05, 3.63) is 70.4 Å². The van der Waals surface area contributed by atoms with E-state index >= 15 is 0 Å². The lowest BCUT2D eigenvalue weighted by Crippen LogP contribution is -2.16. The average molecular weight is 426 g/mol. The molecule has 3 nitrogen and oxygen atoms in total. The fourth-order valence-corrected chi connectivity index (χ4v) is 5.21. The Morgan fingerprint density at radius 1 is 1.07 bits per heavy atom. The van der Waals surface area contributed by atoms with E-state index in [0.29, 0.717) is 0 Å². The van der Waals surface area contributed by atoms with E-state index in [1.54, 1.807) is 0 Å². The molecule has 0 radical (unpaired) electrons. The summed E-state index contributed by atoms with van der Waals surface area (Å²) in [6.45, 7) is 5.27. The number of nitrogens with one attached hydrogen (secondary N) is 1. The molecule has 152 valence electrons. The maximum absolute atomic E-state index is 6.57. The summed E-state index contributed by atoms with van der Waals surface area (Å²) in [7, 11) is 0. The first-order chi connectivity index (χ1) is 14.2. The zero-order chi connectivity index (χ0) is 20.1. The minimum absolute atomic E-state index is 0.880. The summed E-state index contributed by atoms with van der Waals surface area (Å²) in [4.78, 5) is 1.26. The highest BCUT2D eigenvalue weighted by Crippen LogP contribution is 2.36. The van der Waals surface area contributed by atoms with Crippen LogP contribution in [0.25, 0.3) is 11.3 Å². The first kappa shape index (κ1) is 20.5. The molecule has 3 aromatic rings. The number of fused-ring (bicyclic) bond motifs is 1. The summed E-state index contributed by atoms with van der Waals surface area (Å²) >= 11 is 8.43. The zero-order valence-electron chi connectivity index (χ0n) is 17.0. The van der Waals surface area contributed by atoms with Gasteiger partial charge in [0, 0.05) is 29.0 Å². The summed E-state index contributed by atoms with van der Waals surface area (Å²) in [6.07, 6.45) is 6.57. The van der Waals surface area contributed by atoms with Crippen molar-refractivity contribution in [2.75, 3.05) is 13.1 Å². The van der Waals surface area contributed by atoms with Crippen molar-refractivity contribution in [2.45, 2.75) is 49.8 Å². The number of halogens is 1. The van der Waals surface area contributed by atoms with Gasteiger partial charge in [0.2, 0.25) is 0 Å². The molecule has 1 aromatic heterocycles. The van der Waals surface area contributed by atoms with Crippen LogP contribution in [0.15, 0.2) is 53.6 Å². The molecule has 1 aliphatic heterocycles. The number of unbranched alkanes of at least 4 members (excludes halogenated alkanes) is 1. The largest absolute Gasteiger partial charge is 0.316 e. The highest BCUT2D eigenvalue weighted by atomic mass is 35.5. The van der Waals surface area contributed by atoms with Crippen molar-refractivity contribution in [3.8, 4) is 11.3 Å². The fraction of sp³-hybridized carbons (Fsp3) is 0.375. The summed E-state index contributed by atoms with van der Waals surface area (Å²) in [5.41, 5.74) is 6.40. The van der Waals surface area contributed by atoms with E-state index < -0.39 is 0 Å². The molecule has 0 unspecified atom stereocenters. The molecule has 0 atom stereocenters. The highest BCUT2D eigenvalue weighted by molar-refractivity contribution is 7.98. The second-order valence-corrected chi connectivity index (χ2v) is 8.96. The van der Waals surface area contributed by atoms with E-state index in [1.165, 1.54) is 40.0 Å². The molecule has 2 heterocycles. The van der Waals surface area contributed by atoms with E-state index in [9.17, 15) is 0 Å². The molecule has 0 aliphatic carbocycles. The summed E-state index contributed by atoms with van der Waals surface area (Å²) in [6, 6.07) is 15.1. The van der Waals surface area contributed by atoms with Crippen LogP contribution in [0.4, 0.5) is 0 Å². The third-order valence-corrected chi connectivity index (χ3v) is 7.11. The third-order valence-electron chi connectivity index (χ3n) is 5.45. The van der Waals surface area contributed by atoms with Gasteiger partial charge >= 0.3 is 0 Å². The number of hydrogen-bond donors (Lipinski definition) is 1. The highest BCUT2D eigenvalue weighted by Gasteiger charge is 2.15. The lowest BCUT2D eigenvalue weighted by molar-refractivity contribution is 0.573. The number of aryl methyl sites for hydroxylation is 1. The van der Waals surface area contributed by atoms with Gasteiger partial charge in [0.15, 0.2) is 0 Å². The summed E-state index contributed by atoms with van der Waals surface area (Å²) < 4.78 is 2.04. The molecule has 0 amide bonds. The Labute approximate surface area is 182 Å². The molecule has 0 fully saturated rings. The monoisotopic (exact) mass is 425 g/mol. The molecular formula is C24H28ClN3S. The predicted octanol–water partition coefficient (Wildman–Crippen LogP) is 5.98. The van der Waals surface area contributed by atoms with Gasteiger partial charge in [0.25, 0.3) is 0 Å². The van der Waals surface area contributed by atoms with Crippen molar-refractivity contribution < 1.29 is 0 Å². The van der Waals surface area contributed by atoms with Crippen LogP contribution in [0.3, 0.4) is 0 Å². The van der Waals surface area contributed by atoms with Crippen LogP contribution >= 0.6 is 23.4 Å². The quantitative estimate of drug-likeness (QED) is 0.472. The average Bonchev–Trinajstić information content (AvgIpc) is 3.09. The SMILES string of the molecule is CCCCn1ccc(-c2ccc(CSc3c(Cl)ccc4c3CCNCC4)cc2)n1. The Morgan fingerprint density at radius 2 is 1.90 bits per heavy atom. The standard InChI is InChI=1S/C24H28ClN3S/c1-2-3-15-28-16-12-23(27-28)20-6-4-18(5-7-20)17-29-24-21-11-14-26-13-10-19(21)8-9-22(24)25/h4-9,12,16,26H,2-3,10-11,13-15,17H2,1H3. The van der Waals surface area contributed by atoms with Crippen molar-refractivity contribution in [1.82, 2.24) is 15.1 Å². The van der Waals surface area contributed by atoms with E-state index in [0.717, 1.165) is 48.9 Å². The van der Waals surface area contributed by atoms with E-state index in [2.05, 4.69) is 60.9 Å².